The topological polar surface area (TPSA) is 26.0 Å². The van der Waals surface area contributed by atoms with E-state index in [4.69, 9.17) is 5.73 Å². The molecule has 0 heterocycles. The molecule has 0 bridgehead atoms. The van der Waals surface area contributed by atoms with Crippen molar-refractivity contribution < 1.29 is 0 Å². The smallest absolute Gasteiger partial charge is 0.0554 e. The van der Waals surface area contributed by atoms with Crippen molar-refractivity contribution in [2.45, 2.75) is 51.5 Å². The lowest BCUT2D eigenvalue weighted by Crippen LogP contribution is -2.20. The molecule has 1 unspecified atom stereocenters. The number of aryl methyl sites for hydroxylation is 2. The van der Waals surface area contributed by atoms with E-state index in [-0.39, 0.29) is 11.5 Å². The van der Waals surface area contributed by atoms with Crippen LogP contribution in [0.1, 0.15) is 61.1 Å². The van der Waals surface area contributed by atoms with Gasteiger partial charge in [0.25, 0.3) is 0 Å². The van der Waals surface area contributed by atoms with Gasteiger partial charge in [-0.15, -0.1) is 0 Å². The second-order valence-electron chi connectivity index (χ2n) is 7.20. The van der Waals surface area contributed by atoms with Gasteiger partial charge in [0.15, 0.2) is 0 Å². The van der Waals surface area contributed by atoms with E-state index >= 15 is 0 Å². The number of fused-ring (bicyclic) bond motifs is 1. The van der Waals surface area contributed by atoms with Gasteiger partial charge in [-0.25, -0.2) is 0 Å². The largest absolute Gasteiger partial charge is 0.320 e. The minimum absolute atomic E-state index is 0.0358. The van der Waals surface area contributed by atoms with Gasteiger partial charge in [0.05, 0.1) is 6.04 Å². The van der Waals surface area contributed by atoms with Crippen LogP contribution < -0.4 is 5.73 Å². The van der Waals surface area contributed by atoms with Crippen molar-refractivity contribution in [3.8, 4) is 0 Å². The predicted octanol–water partition coefficient (Wildman–Crippen LogP) is 4.52. The van der Waals surface area contributed by atoms with Crippen LogP contribution in [0.5, 0.6) is 0 Å². The minimum atomic E-state index is -0.0358. The molecule has 0 saturated carbocycles. The summed E-state index contributed by atoms with van der Waals surface area (Å²) in [5.41, 5.74) is 13.6. The molecule has 2 N–H and O–H groups in total. The summed E-state index contributed by atoms with van der Waals surface area (Å²) in [4.78, 5) is 0. The quantitative estimate of drug-likeness (QED) is 0.859. The van der Waals surface area contributed by atoms with Crippen LogP contribution in [0.25, 0.3) is 0 Å². The van der Waals surface area contributed by atoms with Crippen LogP contribution in [0.2, 0.25) is 0 Å². The molecule has 21 heavy (non-hydrogen) atoms. The maximum absolute atomic E-state index is 6.61. The molecule has 1 heteroatoms. The van der Waals surface area contributed by atoms with E-state index in [0.29, 0.717) is 0 Å². The number of hydrogen-bond donors (Lipinski definition) is 1. The van der Waals surface area contributed by atoms with E-state index in [1.54, 1.807) is 0 Å². The van der Waals surface area contributed by atoms with Crippen LogP contribution in [-0.2, 0) is 18.3 Å². The van der Waals surface area contributed by atoms with Crippen LogP contribution in [0.3, 0.4) is 0 Å². The lowest BCUT2D eigenvalue weighted by atomic mass is 9.80. The Balaban J connectivity index is 2.01. The van der Waals surface area contributed by atoms with Crippen molar-refractivity contribution in [3.63, 3.8) is 0 Å². The van der Waals surface area contributed by atoms with Crippen molar-refractivity contribution in [2.24, 2.45) is 5.73 Å². The minimum Gasteiger partial charge on any atom is -0.320 e. The molecule has 0 amide bonds. The highest BCUT2D eigenvalue weighted by molar-refractivity contribution is 5.43. The van der Waals surface area contributed by atoms with E-state index < -0.39 is 0 Å². The van der Waals surface area contributed by atoms with Gasteiger partial charge in [-0.1, -0.05) is 63.2 Å². The van der Waals surface area contributed by atoms with Gasteiger partial charge in [-0.05, 0) is 52.5 Å². The summed E-state index contributed by atoms with van der Waals surface area (Å²) in [6.07, 6.45) is 3.72. The second-order valence-corrected chi connectivity index (χ2v) is 7.20. The highest BCUT2D eigenvalue weighted by Crippen LogP contribution is 2.33. The van der Waals surface area contributed by atoms with Gasteiger partial charge >= 0.3 is 0 Å². The van der Waals surface area contributed by atoms with Crippen molar-refractivity contribution in [1.82, 2.24) is 0 Å². The first kappa shape index (κ1) is 14.3. The van der Waals surface area contributed by atoms with Crippen LogP contribution in [0, 0.1) is 0 Å². The van der Waals surface area contributed by atoms with Gasteiger partial charge in [-0.3, -0.25) is 0 Å². The monoisotopic (exact) mass is 279 g/mol. The van der Waals surface area contributed by atoms with Crippen molar-refractivity contribution >= 4 is 0 Å². The van der Waals surface area contributed by atoms with Crippen LogP contribution in [0.15, 0.2) is 42.5 Å². The second kappa shape index (κ2) is 5.31. The fraction of sp³-hybridized carbons (Fsp3) is 0.400. The molecule has 3 rings (SSSR count). The lowest BCUT2D eigenvalue weighted by molar-refractivity contribution is 0.578. The molecule has 1 atom stereocenters. The number of rotatable bonds is 2. The molecule has 0 aliphatic heterocycles. The molecule has 2 aromatic carbocycles. The van der Waals surface area contributed by atoms with E-state index in [9.17, 15) is 0 Å². The molecule has 1 nitrogen and oxygen atoms in total. The zero-order valence-corrected chi connectivity index (χ0v) is 13.3. The molecule has 0 radical (unpaired) electrons. The predicted molar refractivity (Wildman–Crippen MR) is 89.6 cm³/mol. The SMILES string of the molecule is CC(C)(C)c1ccccc1C(N)c1ccc2c(c1)CCC2. The highest BCUT2D eigenvalue weighted by atomic mass is 14.6. The van der Waals surface area contributed by atoms with Crippen molar-refractivity contribution in [1.29, 1.82) is 0 Å². The Kier molecular flexibility index (Phi) is 3.62. The first-order valence-electron chi connectivity index (χ1n) is 7.93. The standard InChI is InChI=1S/C20H25N/c1-20(2,3)18-10-5-4-9-17(18)19(21)16-12-11-14-7-6-8-15(14)13-16/h4-5,9-13,19H,6-8,21H2,1-3H3. The van der Waals surface area contributed by atoms with Crippen molar-refractivity contribution in [3.05, 3.63) is 70.3 Å². The fourth-order valence-electron chi connectivity index (χ4n) is 3.42. The average molecular weight is 279 g/mol. The van der Waals surface area contributed by atoms with Crippen LogP contribution in [0.4, 0.5) is 0 Å². The van der Waals surface area contributed by atoms with Gasteiger partial charge in [0.2, 0.25) is 0 Å². The third-order valence-electron chi connectivity index (χ3n) is 4.59. The Morgan fingerprint density at radius 1 is 0.952 bits per heavy atom. The molecule has 0 spiro atoms. The maximum atomic E-state index is 6.61. The van der Waals surface area contributed by atoms with E-state index in [1.165, 1.54) is 47.1 Å². The summed E-state index contributed by atoms with van der Waals surface area (Å²) < 4.78 is 0. The molecule has 110 valence electrons. The van der Waals surface area contributed by atoms with Crippen LogP contribution >= 0.6 is 0 Å². The summed E-state index contributed by atoms with van der Waals surface area (Å²) in [6, 6.07) is 15.4. The molecule has 2 aromatic rings. The third kappa shape index (κ3) is 2.75. The fourth-order valence-corrected chi connectivity index (χ4v) is 3.42. The summed E-state index contributed by atoms with van der Waals surface area (Å²) >= 11 is 0. The van der Waals surface area contributed by atoms with Crippen molar-refractivity contribution in [2.75, 3.05) is 0 Å². The first-order chi connectivity index (χ1) is 9.97. The van der Waals surface area contributed by atoms with E-state index in [0.717, 1.165) is 0 Å². The van der Waals surface area contributed by atoms with Crippen LogP contribution in [-0.4, -0.2) is 0 Å². The average Bonchev–Trinajstić information content (AvgIpc) is 2.93. The Morgan fingerprint density at radius 2 is 1.67 bits per heavy atom. The number of hydrogen-bond acceptors (Lipinski definition) is 1. The maximum Gasteiger partial charge on any atom is 0.0554 e. The Labute approximate surface area is 128 Å². The summed E-state index contributed by atoms with van der Waals surface area (Å²) in [5, 5.41) is 0. The molecule has 0 aromatic heterocycles. The van der Waals surface area contributed by atoms with Gasteiger partial charge in [-0.2, -0.15) is 0 Å². The van der Waals surface area contributed by atoms with Gasteiger partial charge in [0, 0.05) is 0 Å². The van der Waals surface area contributed by atoms with E-state index in [1.807, 2.05) is 0 Å². The molecule has 0 saturated heterocycles. The molecule has 1 aliphatic rings. The molecule has 0 fully saturated rings. The third-order valence-corrected chi connectivity index (χ3v) is 4.59. The molecular formula is C20H25N. The first-order valence-corrected chi connectivity index (χ1v) is 7.93. The summed E-state index contributed by atoms with van der Waals surface area (Å²) in [6.45, 7) is 6.75. The Morgan fingerprint density at radius 3 is 2.43 bits per heavy atom. The molecular weight excluding hydrogens is 254 g/mol. The zero-order valence-electron chi connectivity index (χ0n) is 13.3. The number of benzene rings is 2. The zero-order chi connectivity index (χ0) is 15.0. The highest BCUT2D eigenvalue weighted by Gasteiger charge is 2.22. The molecule has 1 aliphatic carbocycles. The van der Waals surface area contributed by atoms with Gasteiger partial charge < -0.3 is 5.73 Å². The normalized spacial score (nSPS) is 15.8. The van der Waals surface area contributed by atoms with Gasteiger partial charge in [0.1, 0.15) is 0 Å². The number of nitrogens with two attached hydrogens (primary N) is 1. The Bertz CT molecular complexity index is 649. The Hall–Kier alpha value is -1.60. The summed E-state index contributed by atoms with van der Waals surface area (Å²) in [5.74, 6) is 0. The van der Waals surface area contributed by atoms with E-state index in [2.05, 4.69) is 63.2 Å². The lowest BCUT2D eigenvalue weighted by Gasteiger charge is -2.26. The summed E-state index contributed by atoms with van der Waals surface area (Å²) in [7, 11) is 0.